The molecule has 2 N–H and O–H groups in total. The van der Waals surface area contributed by atoms with Crippen LogP contribution in [0.4, 0.5) is 0 Å². The number of hydrogen-bond donors (Lipinski definition) is 2. The van der Waals surface area contributed by atoms with Gasteiger partial charge < -0.3 is 10.4 Å². The number of phenols is 1. The second kappa shape index (κ2) is 2.26. The fraction of sp³-hybridized carbons (Fsp3) is 0.455. The molecule has 1 fully saturated rings. The topological polar surface area (TPSA) is 32.3 Å². The maximum atomic E-state index is 9.36. The number of hydrogen-bond acceptors (Lipinski definition) is 2. The Morgan fingerprint density at radius 1 is 1.23 bits per heavy atom. The Hall–Kier alpha value is -1.02. The molecular weight excluding hydrogens is 162 g/mol. The van der Waals surface area contributed by atoms with Gasteiger partial charge in [0.1, 0.15) is 5.75 Å². The average Bonchev–Trinajstić information content (AvgIpc) is 2.84. The molecule has 0 radical (unpaired) electrons. The van der Waals surface area contributed by atoms with Crippen LogP contribution in [-0.4, -0.2) is 10.6 Å². The molecule has 1 aliphatic carbocycles. The van der Waals surface area contributed by atoms with E-state index in [4.69, 9.17) is 0 Å². The molecule has 0 bridgehead atoms. The molecule has 0 aromatic heterocycles. The lowest BCUT2D eigenvalue weighted by Crippen LogP contribution is -2.37. The molecule has 13 heavy (non-hydrogen) atoms. The second-order valence-corrected chi connectivity index (χ2v) is 4.26. The normalized spacial score (nSPS) is 22.8. The van der Waals surface area contributed by atoms with Crippen LogP contribution in [0.15, 0.2) is 18.2 Å². The van der Waals surface area contributed by atoms with Crippen molar-refractivity contribution in [3.05, 3.63) is 29.3 Å². The predicted molar refractivity (Wildman–Crippen MR) is 50.6 cm³/mol. The fourth-order valence-electron chi connectivity index (χ4n) is 2.16. The van der Waals surface area contributed by atoms with Gasteiger partial charge in [-0.25, -0.2) is 0 Å². The van der Waals surface area contributed by atoms with Crippen molar-refractivity contribution >= 4 is 0 Å². The van der Waals surface area contributed by atoms with Gasteiger partial charge in [0.25, 0.3) is 0 Å². The van der Waals surface area contributed by atoms with E-state index >= 15 is 0 Å². The van der Waals surface area contributed by atoms with Crippen LogP contribution in [0.5, 0.6) is 5.75 Å². The first-order chi connectivity index (χ1) is 6.27. The van der Waals surface area contributed by atoms with Crippen LogP contribution in [0.2, 0.25) is 0 Å². The van der Waals surface area contributed by atoms with Crippen molar-refractivity contribution in [1.82, 2.24) is 5.32 Å². The number of rotatable bonds is 0. The van der Waals surface area contributed by atoms with Crippen molar-refractivity contribution in [2.75, 3.05) is 0 Å². The molecule has 1 saturated carbocycles. The molecule has 1 aliphatic heterocycles. The summed E-state index contributed by atoms with van der Waals surface area (Å²) in [6.45, 7) is 0.968. The number of aromatic hydroxyl groups is 1. The Labute approximate surface area is 77.6 Å². The van der Waals surface area contributed by atoms with Crippen LogP contribution in [-0.2, 0) is 13.0 Å². The highest BCUT2D eigenvalue weighted by molar-refractivity contribution is 5.39. The lowest BCUT2D eigenvalue weighted by atomic mass is 9.94. The van der Waals surface area contributed by atoms with Gasteiger partial charge in [-0.15, -0.1) is 0 Å². The standard InChI is InChI=1S/C11H13NO/c13-10-2-1-8-7-12-11(3-4-11)6-9(8)5-10/h1-2,5,12-13H,3-4,6-7H2. The second-order valence-electron chi connectivity index (χ2n) is 4.26. The van der Waals surface area contributed by atoms with Crippen LogP contribution in [0.1, 0.15) is 24.0 Å². The Kier molecular flexibility index (Phi) is 1.29. The van der Waals surface area contributed by atoms with E-state index < -0.39 is 0 Å². The Balaban J connectivity index is 2.02. The molecule has 1 aromatic carbocycles. The van der Waals surface area contributed by atoms with Gasteiger partial charge in [0.05, 0.1) is 0 Å². The molecule has 2 nitrogen and oxygen atoms in total. The lowest BCUT2D eigenvalue weighted by Gasteiger charge is -2.25. The minimum atomic E-state index is 0.399. The van der Waals surface area contributed by atoms with Gasteiger partial charge in [-0.05, 0) is 42.5 Å². The predicted octanol–water partition coefficient (Wildman–Crippen LogP) is 1.57. The van der Waals surface area contributed by atoms with Gasteiger partial charge in [0, 0.05) is 12.1 Å². The van der Waals surface area contributed by atoms with Crippen molar-refractivity contribution in [2.24, 2.45) is 0 Å². The molecule has 3 rings (SSSR count). The van der Waals surface area contributed by atoms with Crippen molar-refractivity contribution in [2.45, 2.75) is 31.3 Å². The molecule has 1 aromatic rings. The highest BCUT2D eigenvalue weighted by atomic mass is 16.3. The Morgan fingerprint density at radius 3 is 2.85 bits per heavy atom. The minimum absolute atomic E-state index is 0.399. The van der Waals surface area contributed by atoms with E-state index in [1.54, 1.807) is 6.07 Å². The summed E-state index contributed by atoms with van der Waals surface area (Å²) < 4.78 is 0. The third kappa shape index (κ3) is 1.13. The fourth-order valence-corrected chi connectivity index (χ4v) is 2.16. The summed E-state index contributed by atoms with van der Waals surface area (Å²) in [6, 6.07) is 5.70. The van der Waals surface area contributed by atoms with E-state index in [1.165, 1.54) is 24.0 Å². The molecule has 0 unspecified atom stereocenters. The maximum Gasteiger partial charge on any atom is 0.115 e. The van der Waals surface area contributed by atoms with Gasteiger partial charge in [0.2, 0.25) is 0 Å². The van der Waals surface area contributed by atoms with Crippen molar-refractivity contribution < 1.29 is 5.11 Å². The molecule has 68 valence electrons. The van der Waals surface area contributed by atoms with Crippen LogP contribution >= 0.6 is 0 Å². The van der Waals surface area contributed by atoms with Crippen molar-refractivity contribution in [3.63, 3.8) is 0 Å². The summed E-state index contributed by atoms with van der Waals surface area (Å²) in [5, 5.41) is 12.9. The summed E-state index contributed by atoms with van der Waals surface area (Å²) in [5.41, 5.74) is 3.08. The molecule has 0 atom stereocenters. The highest BCUT2D eigenvalue weighted by Gasteiger charge is 2.44. The Morgan fingerprint density at radius 2 is 2.08 bits per heavy atom. The third-order valence-corrected chi connectivity index (χ3v) is 3.23. The van der Waals surface area contributed by atoms with Gasteiger partial charge in [-0.2, -0.15) is 0 Å². The molecule has 2 heteroatoms. The zero-order valence-corrected chi connectivity index (χ0v) is 7.51. The number of fused-ring (bicyclic) bond motifs is 1. The van der Waals surface area contributed by atoms with E-state index in [1.807, 2.05) is 12.1 Å². The third-order valence-electron chi connectivity index (χ3n) is 3.23. The maximum absolute atomic E-state index is 9.36. The summed E-state index contributed by atoms with van der Waals surface area (Å²) in [5.74, 6) is 0.399. The SMILES string of the molecule is Oc1ccc2c(c1)CC1(CC1)NC2. The largest absolute Gasteiger partial charge is 0.508 e. The van der Waals surface area contributed by atoms with Crippen LogP contribution in [0.25, 0.3) is 0 Å². The van der Waals surface area contributed by atoms with E-state index in [2.05, 4.69) is 5.32 Å². The Bertz CT molecular complexity index is 355. The molecular formula is C11H13NO. The van der Waals surface area contributed by atoms with Gasteiger partial charge >= 0.3 is 0 Å². The van der Waals surface area contributed by atoms with Gasteiger partial charge in [-0.3, -0.25) is 0 Å². The first-order valence-corrected chi connectivity index (χ1v) is 4.83. The monoisotopic (exact) mass is 175 g/mol. The van der Waals surface area contributed by atoms with Gasteiger partial charge in [-0.1, -0.05) is 6.07 Å². The molecule has 1 spiro atoms. The zero-order valence-electron chi connectivity index (χ0n) is 7.51. The zero-order chi connectivity index (χ0) is 8.89. The summed E-state index contributed by atoms with van der Waals surface area (Å²) >= 11 is 0. The van der Waals surface area contributed by atoms with Crippen molar-refractivity contribution in [3.8, 4) is 5.75 Å². The number of nitrogens with one attached hydrogen (secondary N) is 1. The number of benzene rings is 1. The first kappa shape index (κ1) is 7.39. The number of phenolic OH excluding ortho intramolecular Hbond substituents is 1. The summed E-state index contributed by atoms with van der Waals surface area (Å²) in [6.07, 6.45) is 3.68. The van der Waals surface area contributed by atoms with E-state index in [-0.39, 0.29) is 0 Å². The first-order valence-electron chi connectivity index (χ1n) is 4.83. The quantitative estimate of drug-likeness (QED) is 0.627. The smallest absolute Gasteiger partial charge is 0.115 e. The highest BCUT2D eigenvalue weighted by Crippen LogP contribution is 2.42. The van der Waals surface area contributed by atoms with E-state index in [0.29, 0.717) is 11.3 Å². The van der Waals surface area contributed by atoms with Gasteiger partial charge in [0.15, 0.2) is 0 Å². The van der Waals surface area contributed by atoms with E-state index in [9.17, 15) is 5.11 Å². The molecule has 0 amide bonds. The molecule has 2 aliphatic rings. The lowest BCUT2D eigenvalue weighted by molar-refractivity contribution is 0.452. The summed E-state index contributed by atoms with van der Waals surface area (Å²) in [7, 11) is 0. The van der Waals surface area contributed by atoms with E-state index in [0.717, 1.165) is 13.0 Å². The molecule has 0 saturated heterocycles. The van der Waals surface area contributed by atoms with Crippen molar-refractivity contribution in [1.29, 1.82) is 0 Å². The minimum Gasteiger partial charge on any atom is -0.508 e. The average molecular weight is 175 g/mol. The van der Waals surface area contributed by atoms with Crippen LogP contribution in [0, 0.1) is 0 Å². The van der Waals surface area contributed by atoms with Crippen LogP contribution in [0.3, 0.4) is 0 Å². The van der Waals surface area contributed by atoms with Crippen LogP contribution < -0.4 is 5.32 Å². The summed E-state index contributed by atoms with van der Waals surface area (Å²) in [4.78, 5) is 0. The molecule has 1 heterocycles.